The highest BCUT2D eigenvalue weighted by Crippen LogP contribution is 2.21. The van der Waals surface area contributed by atoms with Gasteiger partial charge in [-0.2, -0.15) is 0 Å². The largest absolute Gasteiger partial charge is 0.489 e. The lowest BCUT2D eigenvalue weighted by Gasteiger charge is -2.27. The van der Waals surface area contributed by atoms with Crippen molar-refractivity contribution in [3.63, 3.8) is 0 Å². The number of halogens is 1. The van der Waals surface area contributed by atoms with E-state index in [-0.39, 0.29) is 30.4 Å². The number of para-hydroxylation sites is 1. The van der Waals surface area contributed by atoms with Crippen molar-refractivity contribution in [3.8, 4) is 5.75 Å². The van der Waals surface area contributed by atoms with Crippen LogP contribution in [0, 0.1) is 0 Å². The summed E-state index contributed by atoms with van der Waals surface area (Å²) in [6.07, 6.45) is 5.50. The van der Waals surface area contributed by atoms with Crippen molar-refractivity contribution in [2.24, 2.45) is 5.73 Å². The molecule has 5 heteroatoms. The average Bonchev–Trinajstić information content (AvgIpc) is 2.47. The molecule has 2 rings (SSSR count). The monoisotopic (exact) mass is 310 g/mol. The molecule has 0 atom stereocenters. The second-order valence-electron chi connectivity index (χ2n) is 5.18. The molecule has 1 aliphatic carbocycles. The number of ether oxygens (including phenoxy) is 1. The molecule has 21 heavy (non-hydrogen) atoms. The quantitative estimate of drug-likeness (QED) is 0.822. The van der Waals surface area contributed by atoms with Crippen molar-refractivity contribution >= 4 is 18.3 Å². The van der Waals surface area contributed by atoms with Crippen LogP contribution in [0.3, 0.4) is 0 Å². The second-order valence-corrected chi connectivity index (χ2v) is 5.18. The van der Waals surface area contributed by atoms with Gasteiger partial charge in [0.05, 0.1) is 5.56 Å². The average molecular weight is 311 g/mol. The Balaban J connectivity index is 0.00000220. The van der Waals surface area contributed by atoms with Crippen LogP contribution < -0.4 is 15.8 Å². The fourth-order valence-electron chi connectivity index (χ4n) is 2.46. The molecule has 0 aromatic heterocycles. The van der Waals surface area contributed by atoms with Gasteiger partial charge in [0, 0.05) is 12.1 Å². The first-order valence-corrected chi connectivity index (χ1v) is 7.10. The zero-order valence-electron chi connectivity index (χ0n) is 12.1. The minimum Gasteiger partial charge on any atom is -0.489 e. The van der Waals surface area contributed by atoms with E-state index in [9.17, 15) is 4.79 Å². The molecule has 1 aliphatic rings. The van der Waals surface area contributed by atoms with Gasteiger partial charge in [0.25, 0.3) is 5.91 Å². The molecule has 116 valence electrons. The van der Waals surface area contributed by atoms with Crippen LogP contribution in [0.4, 0.5) is 0 Å². The Morgan fingerprint density at radius 3 is 2.67 bits per heavy atom. The van der Waals surface area contributed by atoms with E-state index in [2.05, 4.69) is 11.9 Å². The number of nitrogens with two attached hydrogens (primary N) is 1. The van der Waals surface area contributed by atoms with Crippen molar-refractivity contribution in [3.05, 3.63) is 42.5 Å². The molecular weight excluding hydrogens is 288 g/mol. The molecule has 1 amide bonds. The number of hydrogen-bond donors (Lipinski definition) is 2. The number of carbonyl (C=O) groups is 1. The van der Waals surface area contributed by atoms with Gasteiger partial charge in [0.1, 0.15) is 12.4 Å². The molecule has 3 N–H and O–H groups in total. The van der Waals surface area contributed by atoms with Gasteiger partial charge >= 0.3 is 0 Å². The maximum atomic E-state index is 12.3. The van der Waals surface area contributed by atoms with Crippen LogP contribution in [-0.4, -0.2) is 24.6 Å². The molecule has 0 saturated heterocycles. The normalized spacial score (nSPS) is 21.0. The summed E-state index contributed by atoms with van der Waals surface area (Å²) in [5, 5.41) is 3.07. The van der Waals surface area contributed by atoms with Crippen molar-refractivity contribution in [1.29, 1.82) is 0 Å². The summed E-state index contributed by atoms with van der Waals surface area (Å²) in [7, 11) is 0. The SMILES string of the molecule is C=CCOc1ccccc1C(=O)NC1CCC(N)CC1.Cl. The molecule has 0 unspecified atom stereocenters. The fraction of sp³-hybridized carbons (Fsp3) is 0.438. The maximum Gasteiger partial charge on any atom is 0.255 e. The molecule has 1 aromatic rings. The number of nitrogens with one attached hydrogen (secondary N) is 1. The molecule has 1 saturated carbocycles. The Morgan fingerprint density at radius 2 is 2.00 bits per heavy atom. The number of carbonyl (C=O) groups excluding carboxylic acids is 1. The molecule has 0 heterocycles. The minimum atomic E-state index is -0.0786. The highest BCUT2D eigenvalue weighted by Gasteiger charge is 2.21. The van der Waals surface area contributed by atoms with Crippen molar-refractivity contribution < 1.29 is 9.53 Å². The van der Waals surface area contributed by atoms with E-state index >= 15 is 0 Å². The van der Waals surface area contributed by atoms with Crippen LogP contribution >= 0.6 is 12.4 Å². The van der Waals surface area contributed by atoms with Crippen LogP contribution in [-0.2, 0) is 0 Å². The first-order chi connectivity index (χ1) is 9.70. The molecule has 0 aliphatic heterocycles. The number of benzene rings is 1. The summed E-state index contributed by atoms with van der Waals surface area (Å²) in [5.41, 5.74) is 6.45. The van der Waals surface area contributed by atoms with E-state index < -0.39 is 0 Å². The lowest BCUT2D eigenvalue weighted by molar-refractivity contribution is 0.0922. The summed E-state index contributed by atoms with van der Waals surface area (Å²) in [5.74, 6) is 0.516. The Bertz CT molecular complexity index is 471. The maximum absolute atomic E-state index is 12.3. The third kappa shape index (κ3) is 5.06. The number of hydrogen-bond acceptors (Lipinski definition) is 3. The van der Waals surface area contributed by atoms with Crippen LogP contribution in [0.25, 0.3) is 0 Å². The minimum absolute atomic E-state index is 0. The zero-order chi connectivity index (χ0) is 14.4. The first-order valence-electron chi connectivity index (χ1n) is 7.10. The summed E-state index contributed by atoms with van der Waals surface area (Å²) < 4.78 is 5.51. The van der Waals surface area contributed by atoms with Crippen molar-refractivity contribution in [2.75, 3.05) is 6.61 Å². The van der Waals surface area contributed by atoms with Crippen LogP contribution in [0.15, 0.2) is 36.9 Å². The third-order valence-electron chi connectivity index (χ3n) is 3.60. The molecule has 0 radical (unpaired) electrons. The van der Waals surface area contributed by atoms with E-state index in [1.54, 1.807) is 18.2 Å². The van der Waals surface area contributed by atoms with Gasteiger partial charge in [-0.3, -0.25) is 4.79 Å². The lowest BCUT2D eigenvalue weighted by atomic mass is 9.91. The molecule has 1 fully saturated rings. The second kappa shape index (κ2) is 8.70. The van der Waals surface area contributed by atoms with E-state index in [0.29, 0.717) is 17.9 Å². The van der Waals surface area contributed by atoms with E-state index in [1.165, 1.54) is 0 Å². The third-order valence-corrected chi connectivity index (χ3v) is 3.60. The standard InChI is InChI=1S/C16H22N2O2.ClH/c1-2-11-20-15-6-4-3-5-14(15)16(19)18-13-9-7-12(17)8-10-13;/h2-6,12-13H,1,7-11,17H2,(H,18,19);1H. The summed E-state index contributed by atoms with van der Waals surface area (Å²) in [6.45, 7) is 4.00. The summed E-state index contributed by atoms with van der Waals surface area (Å²) >= 11 is 0. The summed E-state index contributed by atoms with van der Waals surface area (Å²) in [4.78, 5) is 12.3. The first kappa shape index (κ1) is 17.5. The van der Waals surface area contributed by atoms with Gasteiger partial charge in [-0.05, 0) is 37.8 Å². The smallest absolute Gasteiger partial charge is 0.255 e. The number of amides is 1. The Labute approximate surface area is 132 Å². The topological polar surface area (TPSA) is 64.3 Å². The van der Waals surface area contributed by atoms with Gasteiger partial charge in [-0.1, -0.05) is 24.8 Å². The van der Waals surface area contributed by atoms with E-state index in [1.807, 2.05) is 12.1 Å². The van der Waals surface area contributed by atoms with Crippen molar-refractivity contribution in [1.82, 2.24) is 5.32 Å². The van der Waals surface area contributed by atoms with Gasteiger partial charge in [-0.15, -0.1) is 12.4 Å². The Hall–Kier alpha value is -1.52. The van der Waals surface area contributed by atoms with Crippen LogP contribution in [0.1, 0.15) is 36.0 Å². The molecule has 0 bridgehead atoms. The van der Waals surface area contributed by atoms with Gasteiger partial charge in [0.15, 0.2) is 0 Å². The molecule has 0 spiro atoms. The predicted molar refractivity (Wildman–Crippen MR) is 87.1 cm³/mol. The van der Waals surface area contributed by atoms with Gasteiger partial charge in [-0.25, -0.2) is 0 Å². The van der Waals surface area contributed by atoms with E-state index in [4.69, 9.17) is 10.5 Å². The van der Waals surface area contributed by atoms with E-state index in [0.717, 1.165) is 25.7 Å². The summed E-state index contributed by atoms with van der Waals surface area (Å²) in [6, 6.07) is 7.78. The predicted octanol–water partition coefficient (Wildman–Crippen LogP) is 2.67. The van der Waals surface area contributed by atoms with Crippen LogP contribution in [0.2, 0.25) is 0 Å². The highest BCUT2D eigenvalue weighted by molar-refractivity contribution is 5.97. The molecule has 4 nitrogen and oxygen atoms in total. The Kier molecular flexibility index (Phi) is 7.26. The fourth-order valence-corrected chi connectivity index (χ4v) is 2.46. The molecule has 1 aromatic carbocycles. The molecular formula is C16H23ClN2O2. The van der Waals surface area contributed by atoms with Gasteiger partial charge < -0.3 is 15.8 Å². The van der Waals surface area contributed by atoms with Crippen LogP contribution in [0.5, 0.6) is 5.75 Å². The zero-order valence-corrected chi connectivity index (χ0v) is 12.9. The Morgan fingerprint density at radius 1 is 1.33 bits per heavy atom. The van der Waals surface area contributed by atoms with Crippen molar-refractivity contribution in [2.45, 2.75) is 37.8 Å². The van der Waals surface area contributed by atoms with Gasteiger partial charge in [0.2, 0.25) is 0 Å². The number of rotatable bonds is 5. The highest BCUT2D eigenvalue weighted by atomic mass is 35.5. The lowest BCUT2D eigenvalue weighted by Crippen LogP contribution is -2.40.